The van der Waals surface area contributed by atoms with E-state index in [9.17, 15) is 4.79 Å². The minimum absolute atomic E-state index is 0.182. The van der Waals surface area contributed by atoms with Crippen LogP contribution in [0.15, 0.2) is 48.7 Å². The highest BCUT2D eigenvalue weighted by molar-refractivity contribution is 5.89. The van der Waals surface area contributed by atoms with E-state index in [-0.39, 0.29) is 5.91 Å². The average Bonchev–Trinajstić information content (AvgIpc) is 3.03. The first-order valence-electron chi connectivity index (χ1n) is 8.23. The number of benzene rings is 2. The van der Waals surface area contributed by atoms with Crippen LogP contribution in [0.5, 0.6) is 5.75 Å². The zero-order valence-corrected chi connectivity index (χ0v) is 13.7. The minimum atomic E-state index is 0.182. The van der Waals surface area contributed by atoms with Gasteiger partial charge in [0.1, 0.15) is 5.75 Å². The van der Waals surface area contributed by atoms with Gasteiger partial charge in [-0.05, 0) is 35.2 Å². The van der Waals surface area contributed by atoms with E-state index < -0.39 is 0 Å². The topological polar surface area (TPSA) is 45.3 Å². The van der Waals surface area contributed by atoms with Gasteiger partial charge in [0.2, 0.25) is 5.91 Å². The van der Waals surface area contributed by atoms with Gasteiger partial charge in [-0.25, -0.2) is 0 Å². The van der Waals surface area contributed by atoms with Crippen LogP contribution in [0.1, 0.15) is 16.7 Å². The molecule has 0 unspecified atom stereocenters. The number of methoxy groups -OCH3 is 1. The smallest absolute Gasteiger partial charge is 0.227 e. The van der Waals surface area contributed by atoms with Gasteiger partial charge in [-0.2, -0.15) is 0 Å². The van der Waals surface area contributed by atoms with Crippen LogP contribution in [0.2, 0.25) is 0 Å². The number of nitrogens with one attached hydrogen (secondary N) is 1. The summed E-state index contributed by atoms with van der Waals surface area (Å²) in [5.41, 5.74) is 4.67. The minimum Gasteiger partial charge on any atom is -0.497 e. The van der Waals surface area contributed by atoms with E-state index in [1.807, 2.05) is 35.4 Å². The normalized spacial score (nSPS) is 13.8. The number of carbonyl (C=O) groups excluding carboxylic acids is 1. The van der Waals surface area contributed by atoms with Crippen LogP contribution >= 0.6 is 0 Å². The molecule has 0 saturated carbocycles. The maximum absolute atomic E-state index is 12.7. The van der Waals surface area contributed by atoms with Gasteiger partial charge in [0, 0.05) is 36.3 Å². The maximum Gasteiger partial charge on any atom is 0.227 e. The first-order chi connectivity index (χ1) is 11.7. The molecule has 0 aliphatic carbocycles. The molecule has 1 aliphatic rings. The number of nitrogens with zero attached hydrogens (tertiary/aromatic N) is 1. The number of aromatic amines is 1. The Morgan fingerprint density at radius 1 is 1.21 bits per heavy atom. The third kappa shape index (κ3) is 2.64. The molecule has 0 radical (unpaired) electrons. The van der Waals surface area contributed by atoms with Gasteiger partial charge in [0.25, 0.3) is 0 Å². The van der Waals surface area contributed by atoms with Crippen molar-refractivity contribution in [3.63, 3.8) is 0 Å². The molecule has 1 aromatic heterocycles. The van der Waals surface area contributed by atoms with Crippen molar-refractivity contribution in [2.75, 3.05) is 13.7 Å². The number of carbonyl (C=O) groups is 1. The molecule has 1 N–H and O–H groups in total. The number of hydrogen-bond donors (Lipinski definition) is 1. The third-order valence-electron chi connectivity index (χ3n) is 4.80. The second-order valence-corrected chi connectivity index (χ2v) is 6.24. The summed E-state index contributed by atoms with van der Waals surface area (Å²) >= 11 is 0. The fraction of sp³-hybridized carbons (Fsp3) is 0.250. The molecule has 0 bridgehead atoms. The number of hydrogen-bond acceptors (Lipinski definition) is 2. The molecule has 2 heterocycles. The summed E-state index contributed by atoms with van der Waals surface area (Å²) in [6.45, 7) is 1.51. The highest BCUT2D eigenvalue weighted by Crippen LogP contribution is 2.25. The molecule has 4 heteroatoms. The van der Waals surface area contributed by atoms with Crippen molar-refractivity contribution >= 4 is 16.8 Å². The van der Waals surface area contributed by atoms with Gasteiger partial charge in [0.05, 0.1) is 13.5 Å². The Labute approximate surface area is 141 Å². The van der Waals surface area contributed by atoms with E-state index in [0.717, 1.165) is 35.2 Å². The number of aromatic nitrogens is 1. The largest absolute Gasteiger partial charge is 0.497 e. The van der Waals surface area contributed by atoms with Crippen molar-refractivity contribution in [1.82, 2.24) is 9.88 Å². The van der Waals surface area contributed by atoms with E-state index in [4.69, 9.17) is 4.74 Å². The fourth-order valence-corrected chi connectivity index (χ4v) is 3.42. The highest BCUT2D eigenvalue weighted by Gasteiger charge is 2.21. The predicted octanol–water partition coefficient (Wildman–Crippen LogP) is 3.30. The Kier molecular flexibility index (Phi) is 3.73. The van der Waals surface area contributed by atoms with E-state index in [1.54, 1.807) is 7.11 Å². The van der Waals surface area contributed by atoms with Crippen LogP contribution < -0.4 is 4.74 Å². The van der Waals surface area contributed by atoms with Crippen molar-refractivity contribution in [3.8, 4) is 5.75 Å². The third-order valence-corrected chi connectivity index (χ3v) is 4.80. The van der Waals surface area contributed by atoms with Gasteiger partial charge in [-0.3, -0.25) is 4.79 Å². The van der Waals surface area contributed by atoms with Crippen molar-refractivity contribution < 1.29 is 9.53 Å². The Morgan fingerprint density at radius 2 is 2.04 bits per heavy atom. The molecule has 0 spiro atoms. The lowest BCUT2D eigenvalue weighted by molar-refractivity contribution is -0.131. The molecule has 4 nitrogen and oxygen atoms in total. The average molecular weight is 320 g/mol. The molecule has 4 rings (SSSR count). The molecule has 0 atom stereocenters. The van der Waals surface area contributed by atoms with E-state index in [0.29, 0.717) is 13.0 Å². The summed E-state index contributed by atoms with van der Waals surface area (Å²) < 4.78 is 5.25. The quantitative estimate of drug-likeness (QED) is 0.805. The van der Waals surface area contributed by atoms with Gasteiger partial charge in [0.15, 0.2) is 0 Å². The molecular weight excluding hydrogens is 300 g/mol. The van der Waals surface area contributed by atoms with Crippen molar-refractivity contribution in [1.29, 1.82) is 0 Å². The lowest BCUT2D eigenvalue weighted by Gasteiger charge is -2.29. The number of amides is 1. The van der Waals surface area contributed by atoms with Crippen LogP contribution in [0.25, 0.3) is 10.9 Å². The summed E-state index contributed by atoms with van der Waals surface area (Å²) in [5.74, 6) is 0.996. The standard InChI is InChI=1S/C20H20N2O2/c1-24-17-6-7-18-16(12-21-19(18)11-17)10-20(23)22-9-8-14-4-2-3-5-15(14)13-22/h2-7,11-12,21H,8-10,13H2,1H3. The highest BCUT2D eigenvalue weighted by atomic mass is 16.5. The summed E-state index contributed by atoms with van der Waals surface area (Å²) in [4.78, 5) is 17.9. The molecule has 1 aliphatic heterocycles. The molecule has 0 fully saturated rings. The first-order valence-corrected chi connectivity index (χ1v) is 8.23. The Morgan fingerprint density at radius 3 is 2.88 bits per heavy atom. The van der Waals surface area contributed by atoms with Crippen LogP contribution in [0.4, 0.5) is 0 Å². The number of rotatable bonds is 3. The van der Waals surface area contributed by atoms with Gasteiger partial charge >= 0.3 is 0 Å². The van der Waals surface area contributed by atoms with Crippen LogP contribution in [0, 0.1) is 0 Å². The Bertz CT molecular complexity index is 898. The van der Waals surface area contributed by atoms with Gasteiger partial charge in [-0.15, -0.1) is 0 Å². The number of ether oxygens (including phenoxy) is 1. The zero-order chi connectivity index (χ0) is 16.5. The van der Waals surface area contributed by atoms with Gasteiger partial charge in [-0.1, -0.05) is 24.3 Å². The fourth-order valence-electron chi connectivity index (χ4n) is 3.42. The summed E-state index contributed by atoms with van der Waals surface area (Å²) in [6.07, 6.45) is 3.29. The molecular formula is C20H20N2O2. The summed E-state index contributed by atoms with van der Waals surface area (Å²) in [6, 6.07) is 14.3. The monoisotopic (exact) mass is 320 g/mol. The van der Waals surface area contributed by atoms with Crippen LogP contribution in [0.3, 0.4) is 0 Å². The molecule has 24 heavy (non-hydrogen) atoms. The lowest BCUT2D eigenvalue weighted by Crippen LogP contribution is -2.36. The molecule has 3 aromatic rings. The van der Waals surface area contributed by atoms with Crippen LogP contribution in [-0.2, 0) is 24.2 Å². The Balaban J connectivity index is 1.53. The van der Waals surface area contributed by atoms with Crippen molar-refractivity contribution in [2.45, 2.75) is 19.4 Å². The van der Waals surface area contributed by atoms with E-state index in [2.05, 4.69) is 23.2 Å². The van der Waals surface area contributed by atoms with E-state index >= 15 is 0 Å². The predicted molar refractivity (Wildman–Crippen MR) is 94.1 cm³/mol. The second kappa shape index (κ2) is 6.04. The maximum atomic E-state index is 12.7. The number of fused-ring (bicyclic) bond motifs is 2. The zero-order valence-electron chi connectivity index (χ0n) is 13.7. The molecule has 2 aromatic carbocycles. The lowest BCUT2D eigenvalue weighted by atomic mass is 9.99. The van der Waals surface area contributed by atoms with Crippen molar-refractivity contribution in [2.24, 2.45) is 0 Å². The summed E-state index contributed by atoms with van der Waals surface area (Å²) in [5, 5.41) is 1.08. The van der Waals surface area contributed by atoms with E-state index in [1.165, 1.54) is 11.1 Å². The van der Waals surface area contributed by atoms with Crippen molar-refractivity contribution in [3.05, 3.63) is 65.4 Å². The Hall–Kier alpha value is -2.75. The number of H-pyrrole nitrogens is 1. The first kappa shape index (κ1) is 14.8. The molecule has 1 amide bonds. The molecule has 122 valence electrons. The summed E-state index contributed by atoms with van der Waals surface area (Å²) in [7, 11) is 1.66. The van der Waals surface area contributed by atoms with Gasteiger partial charge < -0.3 is 14.6 Å². The second-order valence-electron chi connectivity index (χ2n) is 6.24. The van der Waals surface area contributed by atoms with Crippen LogP contribution in [-0.4, -0.2) is 29.4 Å². The SMILES string of the molecule is COc1ccc2c(CC(=O)N3CCc4ccccc4C3)c[nH]c2c1. The molecule has 0 saturated heterocycles.